The Labute approximate surface area is 172 Å². The number of carbonyl (C=O) groups is 2. The summed E-state index contributed by atoms with van der Waals surface area (Å²) < 4.78 is 1.43. The molecule has 0 aliphatic rings. The molecule has 0 radical (unpaired) electrons. The number of hydrogen-bond acceptors (Lipinski definition) is 3. The molecule has 144 valence electrons. The van der Waals surface area contributed by atoms with Crippen molar-refractivity contribution in [1.82, 2.24) is 15.1 Å². The highest BCUT2D eigenvalue weighted by atomic mass is 35.5. The smallest absolute Gasteiger partial charge is 0.271 e. The van der Waals surface area contributed by atoms with E-state index in [0.717, 1.165) is 5.56 Å². The minimum atomic E-state index is -0.376. The fourth-order valence-corrected chi connectivity index (χ4v) is 3.08. The molecule has 0 saturated heterocycles. The van der Waals surface area contributed by atoms with Gasteiger partial charge in [-0.05, 0) is 30.2 Å². The van der Waals surface area contributed by atoms with Gasteiger partial charge in [0.05, 0.1) is 10.6 Å². The van der Waals surface area contributed by atoms with Crippen LogP contribution in [0.4, 0.5) is 5.82 Å². The lowest BCUT2D eigenvalue weighted by molar-refractivity contribution is 0.0947. The van der Waals surface area contributed by atoms with E-state index >= 15 is 0 Å². The highest BCUT2D eigenvalue weighted by Gasteiger charge is 2.16. The van der Waals surface area contributed by atoms with Gasteiger partial charge in [0.25, 0.3) is 11.8 Å². The highest BCUT2D eigenvalue weighted by molar-refractivity contribution is 6.34. The topological polar surface area (TPSA) is 76.0 Å². The zero-order chi connectivity index (χ0) is 20.1. The maximum absolute atomic E-state index is 12.4. The van der Waals surface area contributed by atoms with Gasteiger partial charge >= 0.3 is 0 Å². The molecule has 0 unspecified atom stereocenters. The molecule has 0 fully saturated rings. The predicted molar refractivity (Wildman–Crippen MR) is 110 cm³/mol. The van der Waals surface area contributed by atoms with Crippen molar-refractivity contribution in [3.05, 3.63) is 81.5 Å². The van der Waals surface area contributed by atoms with Gasteiger partial charge in [-0.3, -0.25) is 14.3 Å². The van der Waals surface area contributed by atoms with E-state index in [0.29, 0.717) is 34.4 Å². The van der Waals surface area contributed by atoms with Crippen LogP contribution in [0, 0.1) is 0 Å². The molecule has 6 nitrogen and oxygen atoms in total. The van der Waals surface area contributed by atoms with Crippen LogP contribution in [-0.2, 0) is 13.5 Å². The molecule has 2 aromatic carbocycles. The third-order valence-corrected chi connectivity index (χ3v) is 4.81. The normalized spacial score (nSPS) is 10.5. The quantitative estimate of drug-likeness (QED) is 0.638. The van der Waals surface area contributed by atoms with Crippen LogP contribution in [0.2, 0.25) is 10.0 Å². The molecular weight excluding hydrogens is 399 g/mol. The second-order valence-corrected chi connectivity index (χ2v) is 6.88. The molecule has 0 aliphatic heterocycles. The van der Waals surface area contributed by atoms with Crippen LogP contribution >= 0.6 is 23.2 Å². The summed E-state index contributed by atoms with van der Waals surface area (Å²) in [6.45, 7) is 0.417. The molecule has 0 spiro atoms. The van der Waals surface area contributed by atoms with Gasteiger partial charge in [-0.2, -0.15) is 5.10 Å². The van der Waals surface area contributed by atoms with Crippen LogP contribution in [-0.4, -0.2) is 28.1 Å². The van der Waals surface area contributed by atoms with Crippen molar-refractivity contribution in [2.24, 2.45) is 7.05 Å². The lowest BCUT2D eigenvalue weighted by Gasteiger charge is -2.06. The number of anilines is 1. The molecule has 0 saturated carbocycles. The molecule has 0 atom stereocenters. The van der Waals surface area contributed by atoms with Gasteiger partial charge in [0.15, 0.2) is 5.69 Å². The maximum atomic E-state index is 12.4. The molecule has 1 aromatic heterocycles. The van der Waals surface area contributed by atoms with Gasteiger partial charge in [-0.15, -0.1) is 0 Å². The van der Waals surface area contributed by atoms with Crippen LogP contribution in [0.15, 0.2) is 54.6 Å². The molecule has 3 rings (SSSR count). The van der Waals surface area contributed by atoms with E-state index < -0.39 is 0 Å². The second-order valence-electron chi connectivity index (χ2n) is 6.07. The van der Waals surface area contributed by atoms with E-state index in [-0.39, 0.29) is 17.5 Å². The monoisotopic (exact) mass is 416 g/mol. The fraction of sp³-hybridized carbons (Fsp3) is 0.150. The molecule has 8 heteroatoms. The first-order chi connectivity index (χ1) is 13.5. The maximum Gasteiger partial charge on any atom is 0.271 e. The largest absolute Gasteiger partial charge is 0.350 e. The number of amides is 2. The summed E-state index contributed by atoms with van der Waals surface area (Å²) in [6, 6.07) is 15.7. The zero-order valence-electron chi connectivity index (χ0n) is 15.1. The van der Waals surface area contributed by atoms with Crippen LogP contribution in [0.5, 0.6) is 0 Å². The van der Waals surface area contributed by atoms with E-state index in [1.165, 1.54) is 10.7 Å². The molecule has 28 heavy (non-hydrogen) atoms. The number of halogens is 2. The van der Waals surface area contributed by atoms with Crippen LogP contribution < -0.4 is 10.6 Å². The van der Waals surface area contributed by atoms with Crippen molar-refractivity contribution in [3.63, 3.8) is 0 Å². The number of benzene rings is 2. The summed E-state index contributed by atoms with van der Waals surface area (Å²) >= 11 is 12.2. The van der Waals surface area contributed by atoms with E-state index in [1.54, 1.807) is 31.3 Å². The van der Waals surface area contributed by atoms with Crippen LogP contribution in [0.1, 0.15) is 26.4 Å². The minimum absolute atomic E-state index is 0.205. The minimum Gasteiger partial charge on any atom is -0.350 e. The van der Waals surface area contributed by atoms with Gasteiger partial charge in [0, 0.05) is 24.7 Å². The summed E-state index contributed by atoms with van der Waals surface area (Å²) in [4.78, 5) is 24.7. The lowest BCUT2D eigenvalue weighted by Crippen LogP contribution is -2.26. The van der Waals surface area contributed by atoms with Crippen LogP contribution in [0.3, 0.4) is 0 Å². The Kier molecular flexibility index (Phi) is 6.34. The standard InChI is InChI=1S/C20H18Cl2N4O2/c1-26-18(24-19(27)14-7-3-5-9-16(14)22)12-17(25-26)20(28)23-11-10-13-6-2-4-8-15(13)21/h2-9,12H,10-11H2,1H3,(H,23,28)(H,24,27). The summed E-state index contributed by atoms with van der Waals surface area (Å²) in [5, 5.41) is 10.7. The number of nitrogens with zero attached hydrogens (tertiary/aromatic N) is 2. The highest BCUT2D eigenvalue weighted by Crippen LogP contribution is 2.18. The van der Waals surface area contributed by atoms with Crippen molar-refractivity contribution in [3.8, 4) is 0 Å². The van der Waals surface area contributed by atoms with Crippen molar-refractivity contribution in [2.75, 3.05) is 11.9 Å². The number of nitrogens with one attached hydrogen (secondary N) is 2. The van der Waals surface area contributed by atoms with Crippen molar-refractivity contribution < 1.29 is 9.59 Å². The third kappa shape index (κ3) is 4.71. The number of hydrogen-bond donors (Lipinski definition) is 2. The average Bonchev–Trinajstić information content (AvgIpc) is 3.04. The van der Waals surface area contributed by atoms with Gasteiger partial charge in [0.1, 0.15) is 5.82 Å². The Morgan fingerprint density at radius 2 is 1.68 bits per heavy atom. The van der Waals surface area contributed by atoms with Crippen molar-refractivity contribution in [1.29, 1.82) is 0 Å². The fourth-order valence-electron chi connectivity index (χ4n) is 2.63. The first-order valence-electron chi connectivity index (χ1n) is 8.57. The first kappa shape index (κ1) is 19.9. The Bertz CT molecular complexity index is 1020. The number of carbonyl (C=O) groups excluding carboxylic acids is 2. The second kappa shape index (κ2) is 8.91. The summed E-state index contributed by atoms with van der Waals surface area (Å²) in [5.74, 6) is -0.318. The molecule has 0 aliphatic carbocycles. The lowest BCUT2D eigenvalue weighted by atomic mass is 10.1. The number of rotatable bonds is 6. The molecule has 0 bridgehead atoms. The Balaban J connectivity index is 1.61. The number of aryl methyl sites for hydroxylation is 1. The van der Waals surface area contributed by atoms with Gasteiger partial charge < -0.3 is 10.6 Å². The molecule has 1 heterocycles. The van der Waals surface area contributed by atoms with Gasteiger partial charge in [-0.25, -0.2) is 0 Å². The summed E-state index contributed by atoms with van der Waals surface area (Å²) in [5.41, 5.74) is 1.51. The van der Waals surface area contributed by atoms with Gasteiger partial charge in [0.2, 0.25) is 0 Å². The number of aromatic nitrogens is 2. The van der Waals surface area contributed by atoms with E-state index in [1.807, 2.05) is 24.3 Å². The Morgan fingerprint density at radius 1 is 1.00 bits per heavy atom. The van der Waals surface area contributed by atoms with E-state index in [2.05, 4.69) is 15.7 Å². The van der Waals surface area contributed by atoms with E-state index in [9.17, 15) is 9.59 Å². The average molecular weight is 417 g/mol. The molecular formula is C20H18Cl2N4O2. The zero-order valence-corrected chi connectivity index (χ0v) is 16.6. The first-order valence-corrected chi connectivity index (χ1v) is 9.33. The third-order valence-electron chi connectivity index (χ3n) is 4.11. The Hall–Kier alpha value is -2.83. The van der Waals surface area contributed by atoms with Crippen molar-refractivity contribution in [2.45, 2.75) is 6.42 Å². The molecule has 3 aromatic rings. The van der Waals surface area contributed by atoms with Crippen LogP contribution in [0.25, 0.3) is 0 Å². The van der Waals surface area contributed by atoms with Gasteiger partial charge in [-0.1, -0.05) is 53.5 Å². The van der Waals surface area contributed by atoms with Crippen molar-refractivity contribution >= 4 is 40.8 Å². The van der Waals surface area contributed by atoms with E-state index in [4.69, 9.17) is 23.2 Å². The molecule has 2 amide bonds. The molecule has 2 N–H and O–H groups in total. The predicted octanol–water partition coefficient (Wildman–Crippen LogP) is 3.95. The summed E-state index contributed by atoms with van der Waals surface area (Å²) in [6.07, 6.45) is 0.606. The summed E-state index contributed by atoms with van der Waals surface area (Å²) in [7, 11) is 1.64. The SMILES string of the molecule is Cn1nc(C(=O)NCCc2ccccc2Cl)cc1NC(=O)c1ccccc1Cl. The Morgan fingerprint density at radius 3 is 2.39 bits per heavy atom.